The van der Waals surface area contributed by atoms with Gasteiger partial charge >= 0.3 is 6.09 Å². The number of carbonyl (C=O) groups excluding carboxylic acids is 1. The van der Waals surface area contributed by atoms with E-state index in [4.69, 9.17) is 4.74 Å². The van der Waals surface area contributed by atoms with Crippen molar-refractivity contribution in [2.75, 3.05) is 13.1 Å². The lowest BCUT2D eigenvalue weighted by Gasteiger charge is -2.24. The average Bonchev–Trinajstić information content (AvgIpc) is 2.77. The SMILES string of the molecule is Cc1ccc([C@H]2CCN(C(=O)OC(C)(C)C)C2)nc1. The van der Waals surface area contributed by atoms with Crippen LogP contribution in [0.5, 0.6) is 0 Å². The van der Waals surface area contributed by atoms with Crippen molar-refractivity contribution in [3.63, 3.8) is 0 Å². The van der Waals surface area contributed by atoms with Gasteiger partial charge in [-0.15, -0.1) is 0 Å². The monoisotopic (exact) mass is 262 g/mol. The molecule has 1 fully saturated rings. The molecule has 1 amide bonds. The third-order valence-electron chi connectivity index (χ3n) is 3.19. The molecule has 0 spiro atoms. The summed E-state index contributed by atoms with van der Waals surface area (Å²) in [5.41, 5.74) is 1.79. The second kappa shape index (κ2) is 5.19. The van der Waals surface area contributed by atoms with E-state index in [9.17, 15) is 4.79 Å². The maximum Gasteiger partial charge on any atom is 0.410 e. The van der Waals surface area contributed by atoms with Crippen LogP contribution >= 0.6 is 0 Å². The first-order valence-corrected chi connectivity index (χ1v) is 6.75. The lowest BCUT2D eigenvalue weighted by molar-refractivity contribution is 0.0292. The summed E-state index contributed by atoms with van der Waals surface area (Å²) >= 11 is 0. The Morgan fingerprint density at radius 1 is 1.42 bits per heavy atom. The molecule has 0 aliphatic carbocycles. The van der Waals surface area contributed by atoms with E-state index in [-0.39, 0.29) is 6.09 Å². The average molecular weight is 262 g/mol. The first-order valence-electron chi connectivity index (χ1n) is 6.75. The molecule has 0 bridgehead atoms. The summed E-state index contributed by atoms with van der Waals surface area (Å²) in [5.74, 6) is 0.327. The number of hydrogen-bond donors (Lipinski definition) is 0. The number of aryl methyl sites for hydroxylation is 1. The number of ether oxygens (including phenoxy) is 1. The van der Waals surface area contributed by atoms with Gasteiger partial charge in [0.1, 0.15) is 5.60 Å². The highest BCUT2D eigenvalue weighted by molar-refractivity contribution is 5.68. The Morgan fingerprint density at radius 2 is 2.16 bits per heavy atom. The Labute approximate surface area is 114 Å². The Balaban J connectivity index is 1.96. The normalized spacial score (nSPS) is 19.6. The first kappa shape index (κ1) is 13.8. The number of aromatic nitrogens is 1. The zero-order chi connectivity index (χ0) is 14.0. The predicted octanol–water partition coefficient (Wildman–Crippen LogP) is 3.11. The van der Waals surface area contributed by atoms with E-state index < -0.39 is 5.60 Å². The van der Waals surface area contributed by atoms with Gasteiger partial charge < -0.3 is 9.64 Å². The van der Waals surface area contributed by atoms with Crippen molar-refractivity contribution in [2.24, 2.45) is 0 Å². The zero-order valence-corrected chi connectivity index (χ0v) is 12.1. The van der Waals surface area contributed by atoms with Crippen LogP contribution < -0.4 is 0 Å². The van der Waals surface area contributed by atoms with E-state index >= 15 is 0 Å². The number of amides is 1. The van der Waals surface area contributed by atoms with Gasteiger partial charge in [0.25, 0.3) is 0 Å². The number of hydrogen-bond acceptors (Lipinski definition) is 3. The third kappa shape index (κ3) is 3.69. The van der Waals surface area contributed by atoms with Crippen LogP contribution in [0.25, 0.3) is 0 Å². The molecule has 1 aromatic rings. The minimum atomic E-state index is -0.433. The van der Waals surface area contributed by atoms with E-state index in [0.717, 1.165) is 24.2 Å². The van der Waals surface area contributed by atoms with Crippen LogP contribution in [0, 0.1) is 6.92 Å². The van der Waals surface area contributed by atoms with Crippen LogP contribution in [0.4, 0.5) is 4.79 Å². The molecule has 2 heterocycles. The van der Waals surface area contributed by atoms with Gasteiger partial charge in [-0.3, -0.25) is 4.98 Å². The van der Waals surface area contributed by atoms with Crippen LogP contribution in [-0.2, 0) is 4.74 Å². The fourth-order valence-electron chi connectivity index (χ4n) is 2.21. The molecule has 0 N–H and O–H groups in total. The molecule has 0 radical (unpaired) electrons. The molecule has 0 saturated carbocycles. The molecule has 1 aromatic heterocycles. The van der Waals surface area contributed by atoms with E-state index in [0.29, 0.717) is 12.5 Å². The molecular weight excluding hydrogens is 240 g/mol. The lowest BCUT2D eigenvalue weighted by atomic mass is 10.0. The van der Waals surface area contributed by atoms with Crippen molar-refractivity contribution in [1.82, 2.24) is 9.88 Å². The van der Waals surface area contributed by atoms with Crippen molar-refractivity contribution in [3.8, 4) is 0 Å². The first-order chi connectivity index (χ1) is 8.85. The quantitative estimate of drug-likeness (QED) is 0.781. The lowest BCUT2D eigenvalue weighted by Crippen LogP contribution is -2.35. The maximum absolute atomic E-state index is 12.0. The molecule has 104 valence electrons. The zero-order valence-electron chi connectivity index (χ0n) is 12.1. The van der Waals surface area contributed by atoms with Crippen molar-refractivity contribution >= 4 is 6.09 Å². The van der Waals surface area contributed by atoms with Gasteiger partial charge in [-0.25, -0.2) is 4.79 Å². The highest BCUT2D eigenvalue weighted by Gasteiger charge is 2.30. The van der Waals surface area contributed by atoms with Gasteiger partial charge in [0.2, 0.25) is 0 Å². The summed E-state index contributed by atoms with van der Waals surface area (Å²) < 4.78 is 5.39. The largest absolute Gasteiger partial charge is 0.444 e. The maximum atomic E-state index is 12.0. The van der Waals surface area contributed by atoms with E-state index in [2.05, 4.69) is 17.1 Å². The van der Waals surface area contributed by atoms with E-state index in [1.54, 1.807) is 4.90 Å². The molecular formula is C15H22N2O2. The number of pyridine rings is 1. The predicted molar refractivity (Wildman–Crippen MR) is 74.1 cm³/mol. The summed E-state index contributed by atoms with van der Waals surface area (Å²) in [6, 6.07) is 4.12. The van der Waals surface area contributed by atoms with Crippen LogP contribution in [-0.4, -0.2) is 34.7 Å². The molecule has 4 heteroatoms. The topological polar surface area (TPSA) is 42.4 Å². The Hall–Kier alpha value is -1.58. The smallest absolute Gasteiger partial charge is 0.410 e. The molecule has 0 unspecified atom stereocenters. The standard InChI is InChI=1S/C15H22N2O2/c1-11-5-6-13(16-9-11)12-7-8-17(10-12)14(18)19-15(2,3)4/h5-6,9,12H,7-8,10H2,1-4H3/t12-/m0/s1. The van der Waals surface area contributed by atoms with Gasteiger partial charge in [-0.2, -0.15) is 0 Å². The molecule has 1 aliphatic heterocycles. The van der Waals surface area contributed by atoms with Crippen molar-refractivity contribution in [3.05, 3.63) is 29.6 Å². The summed E-state index contributed by atoms with van der Waals surface area (Å²) in [7, 11) is 0. The minimum absolute atomic E-state index is 0.220. The molecule has 2 rings (SSSR count). The van der Waals surface area contributed by atoms with Crippen LogP contribution in [0.3, 0.4) is 0 Å². The number of rotatable bonds is 1. The van der Waals surface area contributed by atoms with Crippen LogP contribution in [0.15, 0.2) is 18.3 Å². The van der Waals surface area contributed by atoms with Crippen molar-refractivity contribution in [1.29, 1.82) is 0 Å². The van der Waals surface area contributed by atoms with Gasteiger partial charge in [0.05, 0.1) is 0 Å². The fourth-order valence-corrected chi connectivity index (χ4v) is 2.21. The summed E-state index contributed by atoms with van der Waals surface area (Å²) in [5, 5.41) is 0. The number of likely N-dealkylation sites (tertiary alicyclic amines) is 1. The van der Waals surface area contributed by atoms with E-state index in [1.807, 2.05) is 33.9 Å². The molecule has 0 aromatic carbocycles. The van der Waals surface area contributed by atoms with Gasteiger partial charge in [-0.05, 0) is 45.7 Å². The molecule has 1 saturated heterocycles. The molecule has 4 nitrogen and oxygen atoms in total. The number of carbonyl (C=O) groups is 1. The van der Waals surface area contributed by atoms with Gasteiger partial charge in [0.15, 0.2) is 0 Å². The number of nitrogens with zero attached hydrogens (tertiary/aromatic N) is 2. The third-order valence-corrected chi connectivity index (χ3v) is 3.19. The molecule has 19 heavy (non-hydrogen) atoms. The summed E-state index contributed by atoms with van der Waals surface area (Å²) in [6.07, 6.45) is 2.61. The van der Waals surface area contributed by atoms with Crippen LogP contribution in [0.2, 0.25) is 0 Å². The van der Waals surface area contributed by atoms with Crippen molar-refractivity contribution in [2.45, 2.75) is 45.6 Å². The van der Waals surface area contributed by atoms with Crippen LogP contribution in [0.1, 0.15) is 44.4 Å². The highest BCUT2D eigenvalue weighted by Crippen LogP contribution is 2.27. The molecule has 1 aliphatic rings. The minimum Gasteiger partial charge on any atom is -0.444 e. The Bertz CT molecular complexity index is 448. The van der Waals surface area contributed by atoms with Gasteiger partial charge in [-0.1, -0.05) is 6.07 Å². The fraction of sp³-hybridized carbons (Fsp3) is 0.600. The summed E-state index contributed by atoms with van der Waals surface area (Å²) in [4.78, 5) is 18.2. The summed E-state index contributed by atoms with van der Waals surface area (Å²) in [6.45, 7) is 9.14. The van der Waals surface area contributed by atoms with E-state index in [1.165, 1.54) is 0 Å². The highest BCUT2D eigenvalue weighted by atomic mass is 16.6. The second-order valence-corrected chi connectivity index (χ2v) is 6.17. The van der Waals surface area contributed by atoms with Gasteiger partial charge in [0, 0.05) is 30.9 Å². The van der Waals surface area contributed by atoms with Crippen molar-refractivity contribution < 1.29 is 9.53 Å². The second-order valence-electron chi connectivity index (χ2n) is 6.17. The molecule has 1 atom stereocenters. The Morgan fingerprint density at radius 3 is 2.74 bits per heavy atom. The Kier molecular flexibility index (Phi) is 3.78.